The van der Waals surface area contributed by atoms with Crippen LogP contribution in [0.15, 0.2) is 35.7 Å². The Morgan fingerprint density at radius 1 is 1.58 bits per heavy atom. The quantitative estimate of drug-likeness (QED) is 0.291. The smallest absolute Gasteiger partial charge is 0.295 e. The number of aromatic nitrogens is 2. The molecule has 0 unspecified atom stereocenters. The highest BCUT2D eigenvalue weighted by Gasteiger charge is 2.18. The molecule has 0 spiro atoms. The van der Waals surface area contributed by atoms with Crippen LogP contribution in [0.3, 0.4) is 0 Å². The molecule has 98 valence electrons. The van der Waals surface area contributed by atoms with Gasteiger partial charge in [0.25, 0.3) is 5.69 Å². The van der Waals surface area contributed by atoms with Crippen LogP contribution in [0, 0.1) is 10.1 Å². The highest BCUT2D eigenvalue weighted by atomic mass is 35.5. The van der Waals surface area contributed by atoms with Crippen molar-refractivity contribution in [2.24, 2.45) is 10.9 Å². The fourth-order valence-corrected chi connectivity index (χ4v) is 1.65. The van der Waals surface area contributed by atoms with Crippen LogP contribution in [0.25, 0.3) is 5.69 Å². The molecule has 0 bridgehead atoms. The van der Waals surface area contributed by atoms with Crippen molar-refractivity contribution in [1.29, 1.82) is 0 Å². The van der Waals surface area contributed by atoms with E-state index in [-0.39, 0.29) is 22.8 Å². The van der Waals surface area contributed by atoms with Crippen molar-refractivity contribution in [1.82, 2.24) is 9.78 Å². The molecule has 9 heteroatoms. The predicted octanol–water partition coefficient (Wildman–Crippen LogP) is 1.53. The first-order valence-corrected chi connectivity index (χ1v) is 5.37. The third kappa shape index (κ3) is 2.47. The number of halogens is 1. The first kappa shape index (κ1) is 12.8. The lowest BCUT2D eigenvalue weighted by Gasteiger charge is -2.05. The number of nitro groups is 1. The van der Waals surface area contributed by atoms with Gasteiger partial charge in [-0.15, -0.1) is 0 Å². The third-order valence-corrected chi connectivity index (χ3v) is 2.57. The maximum absolute atomic E-state index is 11.1. The Balaban J connectivity index is 2.59. The number of hydrogen-bond donors (Lipinski definition) is 2. The van der Waals surface area contributed by atoms with Crippen molar-refractivity contribution >= 4 is 23.1 Å². The van der Waals surface area contributed by atoms with Crippen molar-refractivity contribution in [2.45, 2.75) is 0 Å². The molecule has 0 atom stereocenters. The number of hydrogen-bond acceptors (Lipinski definition) is 5. The van der Waals surface area contributed by atoms with E-state index in [9.17, 15) is 10.1 Å². The van der Waals surface area contributed by atoms with Crippen molar-refractivity contribution in [3.8, 4) is 5.69 Å². The first-order chi connectivity index (χ1) is 9.02. The minimum atomic E-state index is -0.584. The van der Waals surface area contributed by atoms with Crippen molar-refractivity contribution in [3.63, 3.8) is 0 Å². The molecule has 1 aromatic heterocycles. The summed E-state index contributed by atoms with van der Waals surface area (Å²) in [6.07, 6.45) is 2.80. The van der Waals surface area contributed by atoms with Gasteiger partial charge in [0, 0.05) is 17.8 Å². The number of amidine groups is 1. The summed E-state index contributed by atoms with van der Waals surface area (Å²) >= 11 is 5.72. The van der Waals surface area contributed by atoms with Gasteiger partial charge >= 0.3 is 0 Å². The number of oxime groups is 1. The van der Waals surface area contributed by atoms with Gasteiger partial charge < -0.3 is 10.9 Å². The van der Waals surface area contributed by atoms with E-state index in [1.165, 1.54) is 35.3 Å². The van der Waals surface area contributed by atoms with Gasteiger partial charge in [0.1, 0.15) is 5.69 Å². The van der Waals surface area contributed by atoms with Crippen LogP contribution >= 0.6 is 11.6 Å². The van der Waals surface area contributed by atoms with E-state index >= 15 is 0 Å². The van der Waals surface area contributed by atoms with Gasteiger partial charge in [0.05, 0.1) is 16.1 Å². The van der Waals surface area contributed by atoms with E-state index in [0.29, 0.717) is 5.02 Å². The summed E-state index contributed by atoms with van der Waals surface area (Å²) in [4.78, 5) is 10.5. The van der Waals surface area contributed by atoms with Gasteiger partial charge in [-0.1, -0.05) is 16.8 Å². The minimum absolute atomic E-state index is 0.215. The van der Waals surface area contributed by atoms with Gasteiger partial charge in [-0.3, -0.25) is 10.1 Å². The molecule has 0 saturated heterocycles. The van der Waals surface area contributed by atoms with Crippen LogP contribution in [0.4, 0.5) is 5.69 Å². The molecule has 0 aliphatic carbocycles. The highest BCUT2D eigenvalue weighted by molar-refractivity contribution is 6.30. The SMILES string of the molecule is NC(=NO)c1ccc(-n2cc(Cl)cn2)c([N+](=O)[O-])c1. The largest absolute Gasteiger partial charge is 0.409 e. The van der Waals surface area contributed by atoms with Gasteiger partial charge in [-0.25, -0.2) is 4.68 Å². The molecular formula is C10H8ClN5O3. The van der Waals surface area contributed by atoms with Crippen molar-refractivity contribution in [3.05, 3.63) is 51.3 Å². The molecule has 2 aromatic rings. The molecule has 0 fully saturated rings. The maximum Gasteiger partial charge on any atom is 0.295 e. The molecule has 2 rings (SSSR count). The fraction of sp³-hybridized carbons (Fsp3) is 0. The number of nitrogens with zero attached hydrogens (tertiary/aromatic N) is 4. The number of nitro benzene ring substituents is 1. The van der Waals surface area contributed by atoms with Gasteiger partial charge in [0.2, 0.25) is 0 Å². The second kappa shape index (κ2) is 4.94. The maximum atomic E-state index is 11.1. The average molecular weight is 282 g/mol. The van der Waals surface area contributed by atoms with Crippen LogP contribution in [-0.2, 0) is 0 Å². The standard InChI is InChI=1S/C10H8ClN5O3/c11-7-4-13-15(5-7)8-2-1-6(10(12)14-17)3-9(8)16(18)19/h1-5,17H,(H2,12,14). The Labute approximate surface area is 111 Å². The van der Waals surface area contributed by atoms with Crippen LogP contribution < -0.4 is 5.73 Å². The molecule has 0 amide bonds. The number of benzene rings is 1. The molecule has 0 saturated carbocycles. The second-order valence-corrected chi connectivity index (χ2v) is 3.99. The summed E-state index contributed by atoms with van der Waals surface area (Å²) in [6.45, 7) is 0. The Morgan fingerprint density at radius 3 is 2.84 bits per heavy atom. The molecule has 0 radical (unpaired) electrons. The van der Waals surface area contributed by atoms with E-state index in [1.807, 2.05) is 0 Å². The Morgan fingerprint density at radius 2 is 2.32 bits per heavy atom. The van der Waals surface area contributed by atoms with E-state index in [0.717, 1.165) is 0 Å². The Kier molecular flexibility index (Phi) is 3.34. The van der Waals surface area contributed by atoms with Crippen LogP contribution in [0.5, 0.6) is 0 Å². The normalized spacial score (nSPS) is 11.5. The van der Waals surface area contributed by atoms with E-state index in [1.54, 1.807) is 0 Å². The van der Waals surface area contributed by atoms with Gasteiger partial charge in [0.15, 0.2) is 5.84 Å². The summed E-state index contributed by atoms with van der Waals surface area (Å²) in [5.74, 6) is -0.215. The summed E-state index contributed by atoms with van der Waals surface area (Å²) < 4.78 is 1.27. The molecule has 19 heavy (non-hydrogen) atoms. The lowest BCUT2D eigenvalue weighted by atomic mass is 10.1. The summed E-state index contributed by atoms with van der Waals surface area (Å²) in [5, 5.41) is 26.7. The average Bonchev–Trinajstić information content (AvgIpc) is 2.83. The summed E-state index contributed by atoms with van der Waals surface area (Å²) in [7, 11) is 0. The molecule has 0 aliphatic rings. The Bertz CT molecular complexity index is 667. The van der Waals surface area contributed by atoms with E-state index < -0.39 is 4.92 Å². The zero-order valence-electron chi connectivity index (χ0n) is 9.39. The third-order valence-electron chi connectivity index (χ3n) is 2.37. The summed E-state index contributed by atoms with van der Waals surface area (Å²) in [5.41, 5.74) is 5.62. The molecule has 8 nitrogen and oxygen atoms in total. The molecule has 0 aliphatic heterocycles. The predicted molar refractivity (Wildman–Crippen MR) is 67.7 cm³/mol. The second-order valence-electron chi connectivity index (χ2n) is 3.55. The Hall–Kier alpha value is -2.61. The van der Waals surface area contributed by atoms with Crippen LogP contribution in [-0.4, -0.2) is 25.7 Å². The lowest BCUT2D eigenvalue weighted by molar-refractivity contribution is -0.384. The number of rotatable bonds is 3. The minimum Gasteiger partial charge on any atom is -0.409 e. The lowest BCUT2D eigenvalue weighted by Crippen LogP contribution is -2.14. The first-order valence-electron chi connectivity index (χ1n) is 5.00. The molecule has 1 heterocycles. The van der Waals surface area contributed by atoms with Crippen molar-refractivity contribution < 1.29 is 10.1 Å². The van der Waals surface area contributed by atoms with Gasteiger partial charge in [-0.05, 0) is 12.1 Å². The highest BCUT2D eigenvalue weighted by Crippen LogP contribution is 2.24. The van der Waals surface area contributed by atoms with E-state index in [2.05, 4.69) is 10.3 Å². The van der Waals surface area contributed by atoms with E-state index in [4.69, 9.17) is 22.5 Å². The zero-order valence-corrected chi connectivity index (χ0v) is 10.2. The topological polar surface area (TPSA) is 120 Å². The zero-order chi connectivity index (χ0) is 14.0. The fourth-order valence-electron chi connectivity index (χ4n) is 1.51. The number of nitrogens with two attached hydrogens (primary N) is 1. The molecular weight excluding hydrogens is 274 g/mol. The molecule has 1 aromatic carbocycles. The monoisotopic (exact) mass is 281 g/mol. The van der Waals surface area contributed by atoms with Crippen LogP contribution in [0.1, 0.15) is 5.56 Å². The van der Waals surface area contributed by atoms with Gasteiger partial charge in [-0.2, -0.15) is 5.10 Å². The summed E-state index contributed by atoms with van der Waals surface area (Å²) in [6, 6.07) is 4.11. The molecule has 3 N–H and O–H groups in total. The van der Waals surface area contributed by atoms with Crippen LogP contribution in [0.2, 0.25) is 5.02 Å². The van der Waals surface area contributed by atoms with Crippen molar-refractivity contribution in [2.75, 3.05) is 0 Å².